The monoisotopic (exact) mass is 408 g/mol. The molecule has 0 heterocycles. The minimum Gasteiger partial charge on any atom is -0.477 e. The topological polar surface area (TPSA) is 98.0 Å². The van der Waals surface area contributed by atoms with Crippen LogP contribution in [0.5, 0.6) is 0 Å². The van der Waals surface area contributed by atoms with Crippen molar-refractivity contribution in [2.75, 3.05) is 0 Å². The summed E-state index contributed by atoms with van der Waals surface area (Å²) in [4.78, 5) is 11.2. The molecular weight excluding hydrogens is 368 g/mol. The first-order valence-corrected chi connectivity index (χ1v) is 11.9. The van der Waals surface area contributed by atoms with Gasteiger partial charge in [0.1, 0.15) is 6.10 Å². The van der Waals surface area contributed by atoms with E-state index in [0.29, 0.717) is 11.3 Å². The molecule has 0 aromatic rings. The molecule has 166 valence electrons. The Bertz CT molecular complexity index is 647. The van der Waals surface area contributed by atoms with E-state index in [9.17, 15) is 20.1 Å². The van der Waals surface area contributed by atoms with Gasteiger partial charge in [-0.2, -0.15) is 0 Å². The van der Waals surface area contributed by atoms with Gasteiger partial charge in [0.2, 0.25) is 0 Å². The summed E-state index contributed by atoms with van der Waals surface area (Å²) in [5, 5.41) is 39.5. The van der Waals surface area contributed by atoms with Crippen molar-refractivity contribution in [3.8, 4) is 0 Å². The van der Waals surface area contributed by atoms with Gasteiger partial charge >= 0.3 is 5.97 Å². The Balaban J connectivity index is 1.56. The van der Waals surface area contributed by atoms with Crippen molar-refractivity contribution >= 4 is 5.97 Å². The van der Waals surface area contributed by atoms with E-state index in [4.69, 9.17) is 5.11 Å². The lowest BCUT2D eigenvalue weighted by Crippen LogP contribution is -2.56. The van der Waals surface area contributed by atoms with Crippen molar-refractivity contribution < 1.29 is 25.2 Å². The van der Waals surface area contributed by atoms with Crippen molar-refractivity contribution in [1.82, 2.24) is 0 Å². The lowest BCUT2D eigenvalue weighted by molar-refractivity contribution is -0.249. The highest BCUT2D eigenvalue weighted by atomic mass is 16.6. The van der Waals surface area contributed by atoms with Gasteiger partial charge in [-0.25, -0.2) is 4.79 Å². The molecule has 4 rings (SSSR count). The van der Waals surface area contributed by atoms with E-state index in [0.717, 1.165) is 37.0 Å². The molecule has 2 unspecified atom stereocenters. The summed E-state index contributed by atoms with van der Waals surface area (Å²) >= 11 is 0. The van der Waals surface area contributed by atoms with Crippen LogP contribution in [0, 0.1) is 46.3 Å². The number of hydrogen-bond acceptors (Lipinski definition) is 4. The number of carbonyl (C=O) groups is 1. The van der Waals surface area contributed by atoms with Crippen LogP contribution >= 0.6 is 0 Å². The Morgan fingerprint density at radius 2 is 1.62 bits per heavy atom. The van der Waals surface area contributed by atoms with Crippen LogP contribution < -0.4 is 0 Å². The van der Waals surface area contributed by atoms with E-state index in [1.807, 2.05) is 0 Å². The van der Waals surface area contributed by atoms with Gasteiger partial charge in [-0.05, 0) is 97.7 Å². The molecule has 0 aliphatic heterocycles. The highest BCUT2D eigenvalue weighted by Crippen LogP contribution is 2.68. The number of aliphatic hydroxyl groups is 3. The van der Waals surface area contributed by atoms with Gasteiger partial charge in [-0.3, -0.25) is 0 Å². The zero-order chi connectivity index (χ0) is 21.2. The second-order valence-corrected chi connectivity index (χ2v) is 11.5. The summed E-state index contributed by atoms with van der Waals surface area (Å²) < 4.78 is 0. The molecule has 4 saturated carbocycles. The average molecular weight is 409 g/mol. The van der Waals surface area contributed by atoms with Crippen LogP contribution in [0.4, 0.5) is 0 Å². The van der Waals surface area contributed by atoms with Crippen molar-refractivity contribution in [2.45, 2.75) is 96.9 Å². The van der Waals surface area contributed by atoms with Gasteiger partial charge in [-0.15, -0.1) is 0 Å². The predicted octanol–water partition coefficient (Wildman–Crippen LogP) is 3.80. The zero-order valence-electron chi connectivity index (χ0n) is 18.3. The van der Waals surface area contributed by atoms with E-state index in [2.05, 4.69) is 13.8 Å². The standard InChI is InChI=1S/C24H40O5/c1-14(20(25)24(28,29)21(26)27)17-9-10-18-16-8-7-15-6-4-5-12-22(15,2)19(16)11-13-23(17,18)3/h14-20,25,28-29H,4-13H2,1-3H3,(H,26,27)/t14?,15-,16-,17+,18-,19-,20?,22-,23+/m0/s1. The van der Waals surface area contributed by atoms with Crippen LogP contribution in [-0.2, 0) is 4.79 Å². The normalized spacial score (nSPS) is 46.9. The molecule has 4 N–H and O–H groups in total. The molecule has 5 heteroatoms. The van der Waals surface area contributed by atoms with Gasteiger partial charge in [0.05, 0.1) is 0 Å². The smallest absolute Gasteiger partial charge is 0.366 e. The Morgan fingerprint density at radius 3 is 2.31 bits per heavy atom. The zero-order valence-corrected chi connectivity index (χ0v) is 18.3. The van der Waals surface area contributed by atoms with Gasteiger partial charge in [0.15, 0.2) is 0 Å². The van der Waals surface area contributed by atoms with Gasteiger partial charge in [0, 0.05) is 0 Å². The maximum absolute atomic E-state index is 11.2. The molecule has 0 spiro atoms. The van der Waals surface area contributed by atoms with E-state index in [-0.39, 0.29) is 11.3 Å². The highest BCUT2D eigenvalue weighted by molar-refractivity contribution is 5.75. The van der Waals surface area contributed by atoms with E-state index < -0.39 is 23.8 Å². The third-order valence-electron chi connectivity index (χ3n) is 10.5. The molecule has 4 aliphatic rings. The number of hydrogen-bond donors (Lipinski definition) is 4. The first kappa shape index (κ1) is 21.6. The summed E-state index contributed by atoms with van der Waals surface area (Å²) in [6.07, 6.45) is 10.9. The highest BCUT2D eigenvalue weighted by Gasteiger charge is 2.61. The quantitative estimate of drug-likeness (QED) is 0.531. The Labute approximate surface area is 174 Å². The molecule has 9 atom stereocenters. The minimum absolute atomic E-state index is 0.0496. The second-order valence-electron chi connectivity index (χ2n) is 11.5. The van der Waals surface area contributed by atoms with Crippen LogP contribution in [0.15, 0.2) is 0 Å². The maximum Gasteiger partial charge on any atom is 0.366 e. The van der Waals surface area contributed by atoms with E-state index in [1.165, 1.54) is 44.9 Å². The fraction of sp³-hybridized carbons (Fsp3) is 0.958. The summed E-state index contributed by atoms with van der Waals surface area (Å²) in [5.41, 5.74) is 0.536. The lowest BCUT2D eigenvalue weighted by Gasteiger charge is -2.61. The molecule has 29 heavy (non-hydrogen) atoms. The number of carboxylic acids is 1. The molecule has 5 nitrogen and oxygen atoms in total. The van der Waals surface area contributed by atoms with Crippen LogP contribution in [0.25, 0.3) is 0 Å². The van der Waals surface area contributed by atoms with Crippen molar-refractivity contribution in [3.05, 3.63) is 0 Å². The van der Waals surface area contributed by atoms with Crippen molar-refractivity contribution in [3.63, 3.8) is 0 Å². The Kier molecular flexibility index (Phi) is 5.36. The van der Waals surface area contributed by atoms with Gasteiger partial charge in [0.25, 0.3) is 5.79 Å². The molecule has 0 aromatic heterocycles. The molecule has 4 aliphatic carbocycles. The molecule has 0 saturated heterocycles. The third-order valence-corrected chi connectivity index (χ3v) is 10.5. The first-order chi connectivity index (χ1) is 13.5. The first-order valence-electron chi connectivity index (χ1n) is 11.9. The summed E-state index contributed by atoms with van der Waals surface area (Å²) in [7, 11) is 0. The lowest BCUT2D eigenvalue weighted by atomic mass is 9.44. The van der Waals surface area contributed by atoms with Crippen LogP contribution in [-0.4, -0.2) is 38.3 Å². The minimum atomic E-state index is -3.08. The molecule has 4 fully saturated rings. The number of aliphatic hydroxyl groups excluding tert-OH is 1. The average Bonchev–Trinajstić information content (AvgIpc) is 3.03. The number of fused-ring (bicyclic) bond motifs is 5. The third kappa shape index (κ3) is 3.10. The van der Waals surface area contributed by atoms with Crippen LogP contribution in [0.3, 0.4) is 0 Å². The molecule has 0 bridgehead atoms. The molecule has 0 radical (unpaired) electrons. The van der Waals surface area contributed by atoms with Crippen LogP contribution in [0.1, 0.15) is 85.0 Å². The van der Waals surface area contributed by atoms with Crippen LogP contribution in [0.2, 0.25) is 0 Å². The fourth-order valence-electron chi connectivity index (χ4n) is 8.91. The second kappa shape index (κ2) is 7.20. The largest absolute Gasteiger partial charge is 0.477 e. The van der Waals surface area contributed by atoms with Gasteiger partial charge < -0.3 is 20.4 Å². The summed E-state index contributed by atoms with van der Waals surface area (Å²) in [6, 6.07) is 0. The molecular formula is C24H40O5. The van der Waals surface area contributed by atoms with Crippen molar-refractivity contribution in [2.24, 2.45) is 46.3 Å². The fourth-order valence-corrected chi connectivity index (χ4v) is 8.91. The Morgan fingerprint density at radius 1 is 0.931 bits per heavy atom. The number of aliphatic carboxylic acids is 1. The maximum atomic E-state index is 11.2. The summed E-state index contributed by atoms with van der Waals surface area (Å²) in [6.45, 7) is 6.70. The van der Waals surface area contributed by atoms with E-state index >= 15 is 0 Å². The molecule has 0 amide bonds. The van der Waals surface area contributed by atoms with Crippen molar-refractivity contribution in [1.29, 1.82) is 0 Å². The van der Waals surface area contributed by atoms with E-state index in [1.54, 1.807) is 6.92 Å². The van der Waals surface area contributed by atoms with Gasteiger partial charge in [-0.1, -0.05) is 33.6 Å². The predicted molar refractivity (Wildman–Crippen MR) is 110 cm³/mol. The molecule has 0 aromatic carbocycles. The summed E-state index contributed by atoms with van der Waals surface area (Å²) in [5.74, 6) is -2.17. The SMILES string of the molecule is CC(C(O)C(O)(O)C(=O)O)[C@H]1CC[C@H]2[C@@H]3CC[C@@H]4CCCC[C@]4(C)[C@H]3CC[C@]12C. The number of carboxylic acid groups (broad SMARTS) is 1. The number of rotatable bonds is 4. The Hall–Kier alpha value is -0.650.